The van der Waals surface area contributed by atoms with E-state index in [0.717, 1.165) is 28.7 Å². The largest absolute Gasteiger partial charge is 0.303 e. The van der Waals surface area contributed by atoms with Gasteiger partial charge in [-0.3, -0.25) is 0 Å². The van der Waals surface area contributed by atoms with Crippen molar-refractivity contribution in [2.45, 2.75) is 44.1 Å². The molecule has 0 aliphatic heterocycles. The van der Waals surface area contributed by atoms with Gasteiger partial charge in [0.25, 0.3) is 0 Å². The summed E-state index contributed by atoms with van der Waals surface area (Å²) in [6.45, 7) is 6.38. The zero-order chi connectivity index (χ0) is 14.7. The number of hydrogen-bond acceptors (Lipinski definition) is 3. The van der Waals surface area contributed by atoms with Crippen LogP contribution in [0.2, 0.25) is 10.0 Å². The van der Waals surface area contributed by atoms with Gasteiger partial charge in [-0.1, -0.05) is 48.0 Å². The smallest absolute Gasteiger partial charge is 0.191 e. The quantitative estimate of drug-likeness (QED) is 0.721. The van der Waals surface area contributed by atoms with Crippen LogP contribution in [0.4, 0.5) is 0 Å². The second-order valence-electron chi connectivity index (χ2n) is 4.75. The Labute approximate surface area is 133 Å². The molecule has 0 spiro atoms. The second-order valence-corrected chi connectivity index (χ2v) is 6.51. The lowest BCUT2D eigenvalue weighted by atomic mass is 10.2. The molecule has 0 N–H and O–H groups in total. The van der Waals surface area contributed by atoms with Crippen molar-refractivity contribution < 1.29 is 0 Å². The summed E-state index contributed by atoms with van der Waals surface area (Å²) in [6.07, 6.45) is 0.887. The molecule has 20 heavy (non-hydrogen) atoms. The average molecular weight is 330 g/mol. The third kappa shape index (κ3) is 3.48. The highest BCUT2D eigenvalue weighted by atomic mass is 35.5. The molecule has 0 aliphatic carbocycles. The van der Waals surface area contributed by atoms with E-state index >= 15 is 0 Å². The molecule has 6 heteroatoms. The third-order valence-electron chi connectivity index (χ3n) is 2.92. The summed E-state index contributed by atoms with van der Waals surface area (Å²) in [6, 6.07) is 6.06. The van der Waals surface area contributed by atoms with E-state index in [4.69, 9.17) is 23.2 Å². The molecule has 0 fully saturated rings. The molecular formula is C14H17Cl2N3S. The predicted octanol–water partition coefficient (Wildman–Crippen LogP) is 5.02. The van der Waals surface area contributed by atoms with Crippen molar-refractivity contribution in [3.63, 3.8) is 0 Å². The Balaban J connectivity index is 2.14. The molecule has 108 valence electrons. The monoisotopic (exact) mass is 329 g/mol. The number of aromatic nitrogens is 3. The molecule has 0 amide bonds. The van der Waals surface area contributed by atoms with Crippen LogP contribution >= 0.6 is 35.0 Å². The van der Waals surface area contributed by atoms with E-state index in [9.17, 15) is 0 Å². The Bertz CT molecular complexity index is 596. The summed E-state index contributed by atoms with van der Waals surface area (Å²) in [5.41, 5.74) is 1.13. The molecule has 2 rings (SSSR count). The third-order valence-corrected chi connectivity index (χ3v) is 4.67. The highest BCUT2D eigenvalue weighted by Gasteiger charge is 2.14. The van der Waals surface area contributed by atoms with Crippen LogP contribution < -0.4 is 0 Å². The van der Waals surface area contributed by atoms with Gasteiger partial charge in [-0.2, -0.15) is 0 Å². The van der Waals surface area contributed by atoms with Gasteiger partial charge in [-0.25, -0.2) is 0 Å². The fourth-order valence-corrected chi connectivity index (χ4v) is 3.29. The minimum Gasteiger partial charge on any atom is -0.303 e. The molecule has 1 heterocycles. The molecule has 2 aromatic rings. The molecule has 0 saturated heterocycles. The van der Waals surface area contributed by atoms with Crippen molar-refractivity contribution in [2.24, 2.45) is 0 Å². The summed E-state index contributed by atoms with van der Waals surface area (Å²) >= 11 is 13.6. The normalized spacial score (nSPS) is 11.3. The fourth-order valence-electron chi connectivity index (χ4n) is 1.94. The molecule has 0 bridgehead atoms. The first-order chi connectivity index (χ1) is 9.52. The molecule has 3 nitrogen and oxygen atoms in total. The van der Waals surface area contributed by atoms with Crippen molar-refractivity contribution in [1.29, 1.82) is 0 Å². The minimum absolute atomic E-state index is 0.358. The Morgan fingerprint density at radius 2 is 1.95 bits per heavy atom. The van der Waals surface area contributed by atoms with Crippen LogP contribution in [0.15, 0.2) is 23.4 Å². The summed E-state index contributed by atoms with van der Waals surface area (Å²) in [5, 5.41) is 10.6. The summed E-state index contributed by atoms with van der Waals surface area (Å²) < 4.78 is 2.18. The van der Waals surface area contributed by atoms with E-state index in [1.54, 1.807) is 11.8 Å². The number of nitrogens with zero attached hydrogens (tertiary/aromatic N) is 3. The molecule has 1 aromatic carbocycles. The van der Waals surface area contributed by atoms with E-state index in [-0.39, 0.29) is 0 Å². The van der Waals surface area contributed by atoms with Gasteiger partial charge in [0, 0.05) is 18.2 Å². The first-order valence-electron chi connectivity index (χ1n) is 6.53. The predicted molar refractivity (Wildman–Crippen MR) is 85.8 cm³/mol. The number of halogens is 2. The maximum Gasteiger partial charge on any atom is 0.191 e. The van der Waals surface area contributed by atoms with Crippen molar-refractivity contribution >= 4 is 35.0 Å². The summed E-state index contributed by atoms with van der Waals surface area (Å²) in [5.74, 6) is 1.82. The van der Waals surface area contributed by atoms with E-state index < -0.39 is 0 Å². The van der Waals surface area contributed by atoms with E-state index in [1.807, 2.05) is 18.2 Å². The molecule has 0 saturated carbocycles. The average Bonchev–Trinajstić information content (AvgIpc) is 2.83. The van der Waals surface area contributed by atoms with Gasteiger partial charge >= 0.3 is 0 Å². The minimum atomic E-state index is 0.358. The van der Waals surface area contributed by atoms with Gasteiger partial charge in [0.15, 0.2) is 5.16 Å². The Hall–Kier alpha value is -0.710. The van der Waals surface area contributed by atoms with Crippen LogP contribution in [0.1, 0.15) is 38.2 Å². The number of benzene rings is 1. The van der Waals surface area contributed by atoms with Crippen LogP contribution in [0.25, 0.3) is 0 Å². The number of thioether (sulfide) groups is 1. The number of hydrogen-bond donors (Lipinski definition) is 0. The topological polar surface area (TPSA) is 30.7 Å². The fraction of sp³-hybridized carbons (Fsp3) is 0.429. The SMILES string of the molecule is CCc1nnc(SCc2ccc(Cl)c(Cl)c2)n1C(C)C. The summed E-state index contributed by atoms with van der Waals surface area (Å²) in [4.78, 5) is 0. The lowest BCUT2D eigenvalue weighted by Crippen LogP contribution is -2.07. The first kappa shape index (κ1) is 15.7. The van der Waals surface area contributed by atoms with Crippen LogP contribution in [0.3, 0.4) is 0 Å². The highest BCUT2D eigenvalue weighted by molar-refractivity contribution is 7.98. The van der Waals surface area contributed by atoms with Crippen molar-refractivity contribution in [3.05, 3.63) is 39.6 Å². The van der Waals surface area contributed by atoms with E-state index in [2.05, 4.69) is 35.5 Å². The lowest BCUT2D eigenvalue weighted by molar-refractivity contribution is 0.528. The molecule has 0 atom stereocenters. The van der Waals surface area contributed by atoms with Gasteiger partial charge in [-0.15, -0.1) is 10.2 Å². The van der Waals surface area contributed by atoms with Crippen molar-refractivity contribution in [2.75, 3.05) is 0 Å². The van der Waals surface area contributed by atoms with Gasteiger partial charge in [-0.05, 0) is 31.5 Å². The van der Waals surface area contributed by atoms with Gasteiger partial charge in [0.2, 0.25) is 0 Å². The molecule has 1 aromatic heterocycles. The van der Waals surface area contributed by atoms with Gasteiger partial charge in [0.1, 0.15) is 5.82 Å². The van der Waals surface area contributed by atoms with Crippen LogP contribution in [-0.4, -0.2) is 14.8 Å². The van der Waals surface area contributed by atoms with Crippen LogP contribution in [0, 0.1) is 0 Å². The Morgan fingerprint density at radius 1 is 1.20 bits per heavy atom. The maximum atomic E-state index is 6.03. The number of aryl methyl sites for hydroxylation is 1. The summed E-state index contributed by atoms with van der Waals surface area (Å²) in [7, 11) is 0. The molecular weight excluding hydrogens is 313 g/mol. The van der Waals surface area contributed by atoms with Crippen molar-refractivity contribution in [3.8, 4) is 0 Å². The van der Waals surface area contributed by atoms with Crippen LogP contribution in [0.5, 0.6) is 0 Å². The van der Waals surface area contributed by atoms with E-state index in [0.29, 0.717) is 16.1 Å². The second kappa shape index (κ2) is 6.83. The number of rotatable bonds is 5. The van der Waals surface area contributed by atoms with E-state index in [1.165, 1.54) is 0 Å². The molecule has 0 aliphatic rings. The zero-order valence-electron chi connectivity index (χ0n) is 11.7. The van der Waals surface area contributed by atoms with Gasteiger partial charge < -0.3 is 4.57 Å². The lowest BCUT2D eigenvalue weighted by Gasteiger charge is -2.12. The maximum absolute atomic E-state index is 6.03. The standard InChI is InChI=1S/C14H17Cl2N3S/c1-4-13-17-18-14(19(13)9(2)3)20-8-10-5-6-11(15)12(16)7-10/h5-7,9H,4,8H2,1-3H3. The van der Waals surface area contributed by atoms with Crippen LogP contribution in [-0.2, 0) is 12.2 Å². The highest BCUT2D eigenvalue weighted by Crippen LogP contribution is 2.28. The molecule has 0 radical (unpaired) electrons. The zero-order valence-corrected chi connectivity index (χ0v) is 14.1. The van der Waals surface area contributed by atoms with Gasteiger partial charge in [0.05, 0.1) is 10.0 Å². The van der Waals surface area contributed by atoms with Crippen molar-refractivity contribution in [1.82, 2.24) is 14.8 Å². The Kier molecular flexibility index (Phi) is 5.35. The molecule has 0 unspecified atom stereocenters. The first-order valence-corrected chi connectivity index (χ1v) is 8.27. The Morgan fingerprint density at radius 3 is 2.55 bits per heavy atom.